The van der Waals surface area contributed by atoms with E-state index in [4.69, 9.17) is 4.74 Å². The third-order valence-corrected chi connectivity index (χ3v) is 4.40. The first-order chi connectivity index (χ1) is 11.2. The lowest BCUT2D eigenvalue weighted by Gasteiger charge is -2.33. The fraction of sp³-hybridized carbons (Fsp3) is 0.263. The van der Waals surface area contributed by atoms with Crippen LogP contribution in [-0.4, -0.2) is 24.5 Å². The van der Waals surface area contributed by atoms with E-state index in [2.05, 4.69) is 6.07 Å². The first-order valence-electron chi connectivity index (χ1n) is 7.65. The third kappa shape index (κ3) is 2.44. The summed E-state index contributed by atoms with van der Waals surface area (Å²) in [6.07, 6.45) is 1.46. The third-order valence-electron chi connectivity index (χ3n) is 4.40. The number of carbonyl (C=O) groups is 1. The smallest absolute Gasteiger partial charge is 0.259 e. The monoisotopic (exact) mass is 306 g/mol. The van der Waals surface area contributed by atoms with E-state index < -0.39 is 5.54 Å². The summed E-state index contributed by atoms with van der Waals surface area (Å²) >= 11 is 0. The molecule has 1 atom stereocenters. The van der Waals surface area contributed by atoms with Crippen LogP contribution in [0.5, 0.6) is 5.75 Å². The summed E-state index contributed by atoms with van der Waals surface area (Å²) in [7, 11) is 1.55. The van der Waals surface area contributed by atoms with Crippen LogP contribution in [0.4, 0.5) is 0 Å². The number of carbonyl (C=O) groups excluding carboxylic acids is 1. The minimum atomic E-state index is -0.904. The molecule has 1 amide bonds. The van der Waals surface area contributed by atoms with Gasteiger partial charge in [-0.3, -0.25) is 4.79 Å². The van der Waals surface area contributed by atoms with Crippen molar-refractivity contribution in [3.8, 4) is 11.8 Å². The fourth-order valence-corrected chi connectivity index (χ4v) is 3.26. The van der Waals surface area contributed by atoms with E-state index in [0.717, 1.165) is 12.0 Å². The van der Waals surface area contributed by atoms with Gasteiger partial charge in [-0.05, 0) is 30.5 Å². The van der Waals surface area contributed by atoms with E-state index >= 15 is 0 Å². The van der Waals surface area contributed by atoms with Gasteiger partial charge in [-0.2, -0.15) is 5.26 Å². The lowest BCUT2D eigenvalue weighted by molar-refractivity contribution is 0.0666. The van der Waals surface area contributed by atoms with Gasteiger partial charge in [0, 0.05) is 6.54 Å². The second kappa shape index (κ2) is 6.13. The maximum Gasteiger partial charge on any atom is 0.259 e. The van der Waals surface area contributed by atoms with Gasteiger partial charge < -0.3 is 9.64 Å². The van der Waals surface area contributed by atoms with Gasteiger partial charge >= 0.3 is 0 Å². The van der Waals surface area contributed by atoms with Crippen molar-refractivity contribution in [2.75, 3.05) is 13.7 Å². The van der Waals surface area contributed by atoms with Gasteiger partial charge in [0.1, 0.15) is 5.75 Å². The predicted octanol–water partition coefficient (Wildman–Crippen LogP) is 3.35. The minimum absolute atomic E-state index is 0.162. The van der Waals surface area contributed by atoms with Gasteiger partial charge in [0.15, 0.2) is 5.54 Å². The Hall–Kier alpha value is -2.80. The molecule has 1 fully saturated rings. The van der Waals surface area contributed by atoms with Crippen LogP contribution in [0.1, 0.15) is 28.8 Å². The molecule has 1 saturated heterocycles. The van der Waals surface area contributed by atoms with E-state index in [9.17, 15) is 10.1 Å². The van der Waals surface area contributed by atoms with Gasteiger partial charge in [0.05, 0.1) is 18.7 Å². The highest BCUT2D eigenvalue weighted by molar-refractivity contribution is 5.98. The van der Waals surface area contributed by atoms with Gasteiger partial charge in [-0.1, -0.05) is 42.5 Å². The van der Waals surface area contributed by atoms with Crippen molar-refractivity contribution in [1.82, 2.24) is 4.90 Å². The summed E-state index contributed by atoms with van der Waals surface area (Å²) in [5.74, 6) is 0.370. The normalized spacial score (nSPS) is 20.1. The summed E-state index contributed by atoms with van der Waals surface area (Å²) in [6, 6.07) is 19.1. The Labute approximate surface area is 135 Å². The first kappa shape index (κ1) is 15.1. The molecule has 116 valence electrons. The Morgan fingerprint density at radius 1 is 1.17 bits per heavy atom. The van der Waals surface area contributed by atoms with Gasteiger partial charge in [0.25, 0.3) is 5.91 Å². The number of para-hydroxylation sites is 1. The zero-order valence-corrected chi connectivity index (χ0v) is 13.0. The molecule has 4 nitrogen and oxygen atoms in total. The maximum atomic E-state index is 13.1. The molecule has 4 heteroatoms. The molecule has 3 rings (SSSR count). The van der Waals surface area contributed by atoms with Crippen LogP contribution < -0.4 is 4.74 Å². The topological polar surface area (TPSA) is 53.3 Å². The highest BCUT2D eigenvalue weighted by atomic mass is 16.5. The molecule has 1 aliphatic heterocycles. The van der Waals surface area contributed by atoms with Crippen LogP contribution in [-0.2, 0) is 5.54 Å². The van der Waals surface area contributed by atoms with Crippen LogP contribution in [0.2, 0.25) is 0 Å². The zero-order chi connectivity index (χ0) is 16.3. The molecular weight excluding hydrogens is 288 g/mol. The molecule has 0 aromatic heterocycles. The minimum Gasteiger partial charge on any atom is -0.496 e. The van der Waals surface area contributed by atoms with Crippen LogP contribution >= 0.6 is 0 Å². The molecule has 1 unspecified atom stereocenters. The molecule has 0 aliphatic carbocycles. The predicted molar refractivity (Wildman–Crippen MR) is 87.0 cm³/mol. The molecule has 2 aromatic carbocycles. The molecule has 2 aromatic rings. The van der Waals surface area contributed by atoms with Crippen molar-refractivity contribution in [3.05, 3.63) is 65.7 Å². The number of nitriles is 1. The Morgan fingerprint density at radius 2 is 1.87 bits per heavy atom. The molecular formula is C19H18N2O2. The molecule has 1 heterocycles. The largest absolute Gasteiger partial charge is 0.496 e. The van der Waals surface area contributed by atoms with E-state index in [0.29, 0.717) is 24.3 Å². The molecule has 23 heavy (non-hydrogen) atoms. The van der Waals surface area contributed by atoms with Crippen LogP contribution in [0.15, 0.2) is 54.6 Å². The first-order valence-corrected chi connectivity index (χ1v) is 7.65. The van der Waals surface area contributed by atoms with Crippen molar-refractivity contribution in [3.63, 3.8) is 0 Å². The lowest BCUT2D eigenvalue weighted by Crippen LogP contribution is -2.44. The molecule has 1 aliphatic rings. The van der Waals surface area contributed by atoms with Crippen LogP contribution in [0.3, 0.4) is 0 Å². The van der Waals surface area contributed by atoms with Crippen molar-refractivity contribution in [2.45, 2.75) is 18.4 Å². The number of hydrogen-bond acceptors (Lipinski definition) is 3. The standard InChI is InChI=1S/C19H18N2O2/c1-23-17-11-6-5-10-16(17)18(22)21-13-7-12-19(21,14-20)15-8-3-2-4-9-15/h2-6,8-11H,7,12-13H2,1H3. The second-order valence-corrected chi connectivity index (χ2v) is 5.60. The average Bonchev–Trinajstić information content (AvgIpc) is 3.07. The number of methoxy groups -OCH3 is 1. The lowest BCUT2D eigenvalue weighted by atomic mass is 9.88. The number of benzene rings is 2. The molecule has 0 bridgehead atoms. The molecule has 0 radical (unpaired) electrons. The molecule has 0 spiro atoms. The number of hydrogen-bond donors (Lipinski definition) is 0. The highest BCUT2D eigenvalue weighted by Crippen LogP contribution is 2.40. The Kier molecular flexibility index (Phi) is 4.03. The van der Waals surface area contributed by atoms with Crippen molar-refractivity contribution < 1.29 is 9.53 Å². The maximum absolute atomic E-state index is 13.1. The van der Waals surface area contributed by atoms with Crippen molar-refractivity contribution >= 4 is 5.91 Å². The van der Waals surface area contributed by atoms with Gasteiger partial charge in [-0.25, -0.2) is 0 Å². The average molecular weight is 306 g/mol. The summed E-state index contributed by atoms with van der Waals surface area (Å²) in [5, 5.41) is 9.89. The fourth-order valence-electron chi connectivity index (χ4n) is 3.26. The zero-order valence-electron chi connectivity index (χ0n) is 13.0. The van der Waals surface area contributed by atoms with Crippen molar-refractivity contribution in [2.24, 2.45) is 0 Å². The molecule has 0 N–H and O–H groups in total. The number of ether oxygens (including phenoxy) is 1. The molecule has 0 saturated carbocycles. The number of rotatable bonds is 3. The van der Waals surface area contributed by atoms with Crippen LogP contribution in [0.25, 0.3) is 0 Å². The number of nitrogens with zero attached hydrogens (tertiary/aromatic N) is 2. The quantitative estimate of drug-likeness (QED) is 0.874. The number of likely N-dealkylation sites (tertiary alicyclic amines) is 1. The summed E-state index contributed by atoms with van der Waals surface area (Å²) in [6.45, 7) is 0.569. The van der Waals surface area contributed by atoms with E-state index in [-0.39, 0.29) is 5.91 Å². The SMILES string of the molecule is COc1ccccc1C(=O)N1CCCC1(C#N)c1ccccc1. The Morgan fingerprint density at radius 3 is 2.57 bits per heavy atom. The van der Waals surface area contributed by atoms with Crippen molar-refractivity contribution in [1.29, 1.82) is 5.26 Å². The van der Waals surface area contributed by atoms with Gasteiger partial charge in [0.2, 0.25) is 0 Å². The Balaban J connectivity index is 2.05. The number of amides is 1. The van der Waals surface area contributed by atoms with E-state index in [1.807, 2.05) is 42.5 Å². The summed E-state index contributed by atoms with van der Waals surface area (Å²) < 4.78 is 5.30. The highest BCUT2D eigenvalue weighted by Gasteiger charge is 2.46. The van der Waals surface area contributed by atoms with E-state index in [1.54, 1.807) is 24.1 Å². The Bertz CT molecular complexity index is 751. The second-order valence-electron chi connectivity index (χ2n) is 5.60. The summed E-state index contributed by atoms with van der Waals surface area (Å²) in [4.78, 5) is 14.8. The van der Waals surface area contributed by atoms with Crippen LogP contribution in [0, 0.1) is 11.3 Å². The van der Waals surface area contributed by atoms with Gasteiger partial charge in [-0.15, -0.1) is 0 Å². The van der Waals surface area contributed by atoms with E-state index in [1.165, 1.54) is 0 Å². The summed E-state index contributed by atoms with van der Waals surface area (Å²) in [5.41, 5.74) is 0.454.